The minimum absolute atomic E-state index is 0.378. The second-order valence-electron chi connectivity index (χ2n) is 4.66. The summed E-state index contributed by atoms with van der Waals surface area (Å²) >= 11 is 11.7. The van der Waals surface area contributed by atoms with E-state index >= 15 is 0 Å². The first-order valence-corrected chi connectivity index (χ1v) is 7.15. The van der Waals surface area contributed by atoms with E-state index in [1.807, 2.05) is 6.07 Å². The highest BCUT2D eigenvalue weighted by atomic mass is 35.5. The molecule has 1 saturated heterocycles. The van der Waals surface area contributed by atoms with E-state index in [1.54, 1.807) is 6.20 Å². The van der Waals surface area contributed by atoms with Gasteiger partial charge in [0.15, 0.2) is 0 Å². The Bertz CT molecular complexity index is 401. The first kappa shape index (κ1) is 13.9. The first-order chi connectivity index (χ1) is 8.70. The molecule has 2 rings (SSSR count). The van der Waals surface area contributed by atoms with Crippen LogP contribution >= 0.6 is 23.2 Å². The number of hydrogen-bond donors (Lipinski definition) is 0. The molecule has 0 saturated carbocycles. The summed E-state index contributed by atoms with van der Waals surface area (Å²) < 4.78 is 5.66. The highest BCUT2D eigenvalue weighted by Crippen LogP contribution is 2.22. The predicted molar refractivity (Wildman–Crippen MR) is 74.6 cm³/mol. The van der Waals surface area contributed by atoms with E-state index in [9.17, 15) is 0 Å². The largest absolute Gasteiger partial charge is 0.478 e. The quantitative estimate of drug-likeness (QED) is 0.777. The van der Waals surface area contributed by atoms with Crippen molar-refractivity contribution in [2.75, 3.05) is 20.2 Å². The summed E-state index contributed by atoms with van der Waals surface area (Å²) in [7, 11) is 2.17. The van der Waals surface area contributed by atoms with Crippen molar-refractivity contribution < 1.29 is 4.74 Å². The van der Waals surface area contributed by atoms with E-state index < -0.39 is 0 Å². The van der Waals surface area contributed by atoms with Crippen molar-refractivity contribution >= 4 is 23.2 Å². The number of likely N-dealkylation sites (tertiary alicyclic amines) is 1. The molecular weight excluding hydrogens is 271 g/mol. The van der Waals surface area contributed by atoms with Crippen LogP contribution in [-0.2, 0) is 5.88 Å². The zero-order valence-electron chi connectivity index (χ0n) is 10.5. The van der Waals surface area contributed by atoms with Crippen LogP contribution in [0.2, 0.25) is 5.02 Å². The van der Waals surface area contributed by atoms with E-state index in [-0.39, 0.29) is 0 Å². The molecule has 0 aromatic carbocycles. The number of hydrogen-bond acceptors (Lipinski definition) is 3. The van der Waals surface area contributed by atoms with E-state index in [0.717, 1.165) is 12.0 Å². The molecule has 2 heterocycles. The number of nitrogens with zero attached hydrogens (tertiary/aromatic N) is 2. The Hall–Kier alpha value is -0.510. The van der Waals surface area contributed by atoms with Gasteiger partial charge in [0.25, 0.3) is 0 Å². The minimum atomic E-state index is 0.378. The fourth-order valence-electron chi connectivity index (χ4n) is 2.28. The molecule has 1 aliphatic heterocycles. The molecule has 1 aromatic heterocycles. The fraction of sp³-hybridized carbons (Fsp3) is 0.615. The molecule has 100 valence electrons. The highest BCUT2D eigenvalue weighted by molar-refractivity contribution is 6.32. The topological polar surface area (TPSA) is 25.4 Å². The Morgan fingerprint density at radius 3 is 3.06 bits per heavy atom. The molecule has 0 spiro atoms. The Labute approximate surface area is 118 Å². The summed E-state index contributed by atoms with van der Waals surface area (Å²) in [5.74, 6) is 0.985. The van der Waals surface area contributed by atoms with Crippen LogP contribution in [0.4, 0.5) is 0 Å². The van der Waals surface area contributed by atoms with Crippen molar-refractivity contribution in [2.45, 2.75) is 31.2 Å². The Balaban J connectivity index is 1.83. The van der Waals surface area contributed by atoms with Crippen LogP contribution in [0.1, 0.15) is 24.8 Å². The molecule has 1 aliphatic rings. The summed E-state index contributed by atoms with van der Waals surface area (Å²) in [6.45, 7) is 1.88. The predicted octanol–water partition coefficient (Wildman–Crippen LogP) is 3.34. The maximum atomic E-state index is 5.94. The number of ether oxygens (including phenoxy) is 1. The molecule has 5 heteroatoms. The molecule has 0 bridgehead atoms. The lowest BCUT2D eigenvalue weighted by atomic mass is 10.1. The number of alkyl halides is 1. The molecule has 0 amide bonds. The zero-order valence-corrected chi connectivity index (χ0v) is 12.0. The zero-order chi connectivity index (χ0) is 13.0. The second kappa shape index (κ2) is 6.60. The minimum Gasteiger partial charge on any atom is -0.478 e. The van der Waals surface area contributed by atoms with Gasteiger partial charge in [-0.2, -0.15) is 0 Å². The van der Waals surface area contributed by atoms with Gasteiger partial charge >= 0.3 is 0 Å². The monoisotopic (exact) mass is 288 g/mol. The summed E-state index contributed by atoms with van der Waals surface area (Å²) in [4.78, 5) is 6.54. The molecular formula is C13H18Cl2N2O. The summed E-state index contributed by atoms with van der Waals surface area (Å²) in [6, 6.07) is 2.46. The van der Waals surface area contributed by atoms with E-state index in [2.05, 4.69) is 16.9 Å². The number of halogens is 2. The van der Waals surface area contributed by atoms with Gasteiger partial charge in [-0.05, 0) is 38.4 Å². The normalized spacial score (nSPS) is 20.3. The third-order valence-electron chi connectivity index (χ3n) is 3.43. The molecule has 1 fully saturated rings. The van der Waals surface area contributed by atoms with Crippen molar-refractivity contribution in [3.63, 3.8) is 0 Å². The number of pyridine rings is 1. The Kier molecular flexibility index (Phi) is 5.10. The molecule has 3 nitrogen and oxygen atoms in total. The van der Waals surface area contributed by atoms with Gasteiger partial charge in [-0.3, -0.25) is 0 Å². The Morgan fingerprint density at radius 1 is 1.56 bits per heavy atom. The van der Waals surface area contributed by atoms with E-state index in [4.69, 9.17) is 27.9 Å². The number of rotatable bonds is 5. The van der Waals surface area contributed by atoms with Crippen LogP contribution in [0.25, 0.3) is 0 Å². The summed E-state index contributed by atoms with van der Waals surface area (Å²) in [5.41, 5.74) is 0.862. The van der Waals surface area contributed by atoms with Gasteiger partial charge in [-0.1, -0.05) is 11.6 Å². The number of aromatic nitrogens is 1. The highest BCUT2D eigenvalue weighted by Gasteiger charge is 2.20. The van der Waals surface area contributed by atoms with Gasteiger partial charge in [0.1, 0.15) is 0 Å². The van der Waals surface area contributed by atoms with Gasteiger partial charge in [0.05, 0.1) is 11.6 Å². The van der Waals surface area contributed by atoms with E-state index in [1.165, 1.54) is 19.4 Å². The van der Waals surface area contributed by atoms with Crippen molar-refractivity contribution in [3.05, 3.63) is 22.8 Å². The third kappa shape index (κ3) is 3.50. The van der Waals surface area contributed by atoms with Gasteiger partial charge in [-0.25, -0.2) is 4.98 Å². The molecule has 0 aliphatic carbocycles. The smallest absolute Gasteiger partial charge is 0.213 e. The van der Waals surface area contributed by atoms with Crippen molar-refractivity contribution in [1.82, 2.24) is 9.88 Å². The molecule has 1 aromatic rings. The van der Waals surface area contributed by atoms with Crippen LogP contribution < -0.4 is 4.74 Å². The summed E-state index contributed by atoms with van der Waals surface area (Å²) in [6.07, 6.45) is 5.19. The maximum Gasteiger partial charge on any atom is 0.213 e. The lowest BCUT2D eigenvalue weighted by Gasteiger charge is -2.19. The van der Waals surface area contributed by atoms with Crippen molar-refractivity contribution in [1.29, 1.82) is 0 Å². The molecule has 1 unspecified atom stereocenters. The second-order valence-corrected chi connectivity index (χ2v) is 5.34. The van der Waals surface area contributed by atoms with Crippen LogP contribution in [0.5, 0.6) is 5.88 Å². The lowest BCUT2D eigenvalue weighted by Crippen LogP contribution is -2.26. The SMILES string of the molecule is CN1CCCC1CCOc1cc(CCl)c(Cl)cn1. The summed E-state index contributed by atoms with van der Waals surface area (Å²) in [5, 5.41) is 0.591. The first-order valence-electron chi connectivity index (χ1n) is 6.24. The maximum absolute atomic E-state index is 5.94. The van der Waals surface area contributed by atoms with Gasteiger partial charge in [-0.15, -0.1) is 11.6 Å². The van der Waals surface area contributed by atoms with Gasteiger partial charge < -0.3 is 9.64 Å². The fourth-order valence-corrected chi connectivity index (χ4v) is 2.74. The molecule has 18 heavy (non-hydrogen) atoms. The molecule has 0 N–H and O–H groups in total. The lowest BCUT2D eigenvalue weighted by molar-refractivity contribution is 0.228. The van der Waals surface area contributed by atoms with Crippen LogP contribution in [0.15, 0.2) is 12.3 Å². The van der Waals surface area contributed by atoms with E-state index in [0.29, 0.717) is 29.4 Å². The average molecular weight is 289 g/mol. The standard InChI is InChI=1S/C13H18Cl2N2O/c1-17-5-2-3-11(17)4-6-18-13-7-10(8-14)12(15)9-16-13/h7,9,11H,2-6,8H2,1H3. The van der Waals surface area contributed by atoms with Crippen LogP contribution in [0, 0.1) is 0 Å². The van der Waals surface area contributed by atoms with Crippen molar-refractivity contribution in [2.24, 2.45) is 0 Å². The van der Waals surface area contributed by atoms with Crippen LogP contribution in [0.3, 0.4) is 0 Å². The Morgan fingerprint density at radius 2 is 2.39 bits per heavy atom. The molecule has 1 atom stereocenters. The molecule has 0 radical (unpaired) electrons. The van der Waals surface area contributed by atoms with Gasteiger partial charge in [0.2, 0.25) is 5.88 Å². The van der Waals surface area contributed by atoms with Gasteiger partial charge in [0, 0.05) is 24.2 Å². The average Bonchev–Trinajstić information content (AvgIpc) is 2.77. The van der Waals surface area contributed by atoms with Crippen molar-refractivity contribution in [3.8, 4) is 5.88 Å². The third-order valence-corrected chi connectivity index (χ3v) is 4.05. The van der Waals surface area contributed by atoms with Crippen LogP contribution in [-0.4, -0.2) is 36.1 Å².